The standard InChI is InChI=1S/C13H24N2O/c1-2-11(1)9-15(13-3-4-13)7-6-14-12-5-8-16-10-12/h11-14H,1-10H2. The highest BCUT2D eigenvalue weighted by Gasteiger charge is 2.33. The molecule has 0 spiro atoms. The Morgan fingerprint density at radius 3 is 2.62 bits per heavy atom. The summed E-state index contributed by atoms with van der Waals surface area (Å²) < 4.78 is 5.37. The third kappa shape index (κ3) is 3.19. The lowest BCUT2D eigenvalue weighted by atomic mass is 10.2. The minimum Gasteiger partial charge on any atom is -0.380 e. The summed E-state index contributed by atoms with van der Waals surface area (Å²) in [7, 11) is 0. The molecule has 0 bridgehead atoms. The minimum atomic E-state index is 0.627. The molecular weight excluding hydrogens is 200 g/mol. The zero-order chi connectivity index (χ0) is 10.8. The van der Waals surface area contributed by atoms with Crippen LogP contribution in [0.2, 0.25) is 0 Å². The van der Waals surface area contributed by atoms with Crippen LogP contribution in [0.3, 0.4) is 0 Å². The molecule has 1 aliphatic heterocycles. The Morgan fingerprint density at radius 2 is 2.00 bits per heavy atom. The van der Waals surface area contributed by atoms with E-state index >= 15 is 0 Å². The first kappa shape index (κ1) is 11.0. The molecule has 0 aromatic carbocycles. The second kappa shape index (κ2) is 5.03. The summed E-state index contributed by atoms with van der Waals surface area (Å²) in [5, 5.41) is 3.62. The molecule has 0 aromatic heterocycles. The van der Waals surface area contributed by atoms with Crippen molar-refractivity contribution in [2.24, 2.45) is 5.92 Å². The maximum atomic E-state index is 5.37. The topological polar surface area (TPSA) is 24.5 Å². The van der Waals surface area contributed by atoms with Crippen LogP contribution in [0.25, 0.3) is 0 Å². The Hall–Kier alpha value is -0.120. The van der Waals surface area contributed by atoms with Crippen LogP contribution < -0.4 is 5.32 Å². The van der Waals surface area contributed by atoms with Gasteiger partial charge >= 0.3 is 0 Å². The van der Waals surface area contributed by atoms with E-state index in [-0.39, 0.29) is 0 Å². The zero-order valence-corrected chi connectivity index (χ0v) is 10.2. The van der Waals surface area contributed by atoms with Crippen LogP contribution in [-0.2, 0) is 4.74 Å². The van der Waals surface area contributed by atoms with E-state index in [4.69, 9.17) is 4.74 Å². The molecule has 3 nitrogen and oxygen atoms in total. The third-order valence-electron chi connectivity index (χ3n) is 4.01. The Balaban J connectivity index is 1.34. The van der Waals surface area contributed by atoms with Gasteiger partial charge in [-0.25, -0.2) is 0 Å². The van der Waals surface area contributed by atoms with Crippen LogP contribution in [0.5, 0.6) is 0 Å². The first-order chi connectivity index (χ1) is 7.92. The molecule has 1 N–H and O–H groups in total. The Labute approximate surface area is 98.5 Å². The molecule has 3 rings (SSSR count). The first-order valence-corrected chi connectivity index (χ1v) is 6.97. The summed E-state index contributed by atoms with van der Waals surface area (Å²) in [4.78, 5) is 2.72. The first-order valence-electron chi connectivity index (χ1n) is 6.97. The van der Waals surface area contributed by atoms with Gasteiger partial charge in [0.25, 0.3) is 0 Å². The van der Waals surface area contributed by atoms with E-state index in [9.17, 15) is 0 Å². The van der Waals surface area contributed by atoms with Gasteiger partial charge in [-0.2, -0.15) is 0 Å². The minimum absolute atomic E-state index is 0.627. The number of rotatable bonds is 7. The van der Waals surface area contributed by atoms with Crippen LogP contribution in [0.15, 0.2) is 0 Å². The van der Waals surface area contributed by atoms with Crippen molar-refractivity contribution < 1.29 is 4.74 Å². The average molecular weight is 224 g/mol. The fourth-order valence-electron chi connectivity index (χ4n) is 2.60. The van der Waals surface area contributed by atoms with Crippen molar-refractivity contribution in [1.29, 1.82) is 0 Å². The summed E-state index contributed by atoms with van der Waals surface area (Å²) in [6, 6.07) is 1.56. The lowest BCUT2D eigenvalue weighted by Crippen LogP contribution is -2.39. The number of nitrogens with zero attached hydrogens (tertiary/aromatic N) is 1. The molecule has 1 saturated heterocycles. The lowest BCUT2D eigenvalue weighted by Gasteiger charge is -2.22. The molecule has 2 saturated carbocycles. The molecule has 1 unspecified atom stereocenters. The quantitative estimate of drug-likeness (QED) is 0.704. The van der Waals surface area contributed by atoms with Crippen LogP contribution in [0.4, 0.5) is 0 Å². The maximum absolute atomic E-state index is 5.37. The molecule has 3 fully saturated rings. The molecule has 1 heterocycles. The highest BCUT2D eigenvalue weighted by molar-refractivity contribution is 4.88. The van der Waals surface area contributed by atoms with Crippen molar-refractivity contribution in [3.05, 3.63) is 0 Å². The van der Waals surface area contributed by atoms with Gasteiger partial charge in [0.2, 0.25) is 0 Å². The van der Waals surface area contributed by atoms with E-state index in [0.717, 1.165) is 31.7 Å². The molecule has 92 valence electrons. The van der Waals surface area contributed by atoms with E-state index in [0.29, 0.717) is 6.04 Å². The maximum Gasteiger partial charge on any atom is 0.0620 e. The fraction of sp³-hybridized carbons (Fsp3) is 1.00. The Kier molecular flexibility index (Phi) is 3.46. The SMILES string of the molecule is C(CN(CC1CC1)C1CC1)NC1CCOC1. The predicted molar refractivity (Wildman–Crippen MR) is 64.5 cm³/mol. The largest absolute Gasteiger partial charge is 0.380 e. The second-order valence-corrected chi connectivity index (χ2v) is 5.68. The van der Waals surface area contributed by atoms with E-state index in [2.05, 4.69) is 10.2 Å². The van der Waals surface area contributed by atoms with Crippen LogP contribution >= 0.6 is 0 Å². The van der Waals surface area contributed by atoms with Crippen molar-refractivity contribution in [1.82, 2.24) is 10.2 Å². The van der Waals surface area contributed by atoms with E-state index in [1.807, 2.05) is 0 Å². The number of nitrogens with one attached hydrogen (secondary N) is 1. The van der Waals surface area contributed by atoms with Crippen LogP contribution in [0, 0.1) is 5.92 Å². The average Bonchev–Trinajstić information content (AvgIpc) is 3.18. The van der Waals surface area contributed by atoms with Gasteiger partial charge in [-0.05, 0) is 38.0 Å². The van der Waals surface area contributed by atoms with E-state index < -0.39 is 0 Å². The highest BCUT2D eigenvalue weighted by atomic mass is 16.5. The summed E-state index contributed by atoms with van der Waals surface area (Å²) in [6.45, 7) is 5.64. The van der Waals surface area contributed by atoms with Gasteiger partial charge in [-0.15, -0.1) is 0 Å². The van der Waals surface area contributed by atoms with Gasteiger partial charge in [0.15, 0.2) is 0 Å². The smallest absolute Gasteiger partial charge is 0.0620 e. The van der Waals surface area contributed by atoms with Crippen LogP contribution in [-0.4, -0.2) is 49.8 Å². The van der Waals surface area contributed by atoms with Gasteiger partial charge < -0.3 is 10.1 Å². The molecule has 0 amide bonds. The summed E-state index contributed by atoms with van der Waals surface area (Å²) >= 11 is 0. The number of hydrogen-bond donors (Lipinski definition) is 1. The molecule has 0 radical (unpaired) electrons. The van der Waals surface area contributed by atoms with Gasteiger partial charge in [-0.3, -0.25) is 4.90 Å². The molecule has 2 aliphatic carbocycles. The Bertz CT molecular complexity index is 220. The van der Waals surface area contributed by atoms with Crippen molar-refractivity contribution >= 4 is 0 Å². The zero-order valence-electron chi connectivity index (χ0n) is 10.2. The van der Waals surface area contributed by atoms with Gasteiger partial charge in [0.1, 0.15) is 0 Å². The van der Waals surface area contributed by atoms with Crippen molar-refractivity contribution in [3.63, 3.8) is 0 Å². The fourth-order valence-corrected chi connectivity index (χ4v) is 2.60. The number of ether oxygens (including phenoxy) is 1. The molecule has 3 aliphatic rings. The van der Waals surface area contributed by atoms with E-state index in [1.54, 1.807) is 0 Å². The predicted octanol–water partition coefficient (Wildman–Crippen LogP) is 1.24. The lowest BCUT2D eigenvalue weighted by molar-refractivity contribution is 0.188. The highest BCUT2D eigenvalue weighted by Crippen LogP contribution is 2.34. The summed E-state index contributed by atoms with van der Waals surface area (Å²) in [6.07, 6.45) is 7.05. The third-order valence-corrected chi connectivity index (χ3v) is 4.01. The molecule has 1 atom stereocenters. The van der Waals surface area contributed by atoms with E-state index in [1.165, 1.54) is 45.2 Å². The summed E-state index contributed by atoms with van der Waals surface area (Å²) in [5.74, 6) is 1.04. The molecule has 0 aromatic rings. The molecule has 16 heavy (non-hydrogen) atoms. The van der Waals surface area contributed by atoms with Gasteiger partial charge in [0.05, 0.1) is 6.61 Å². The molecule has 3 heteroatoms. The van der Waals surface area contributed by atoms with Crippen LogP contribution in [0.1, 0.15) is 32.1 Å². The second-order valence-electron chi connectivity index (χ2n) is 5.68. The monoisotopic (exact) mass is 224 g/mol. The molecular formula is C13H24N2O. The number of hydrogen-bond acceptors (Lipinski definition) is 3. The summed E-state index contributed by atoms with van der Waals surface area (Å²) in [5.41, 5.74) is 0. The van der Waals surface area contributed by atoms with Crippen molar-refractivity contribution in [2.45, 2.75) is 44.2 Å². The van der Waals surface area contributed by atoms with Crippen molar-refractivity contribution in [3.8, 4) is 0 Å². The van der Waals surface area contributed by atoms with Crippen molar-refractivity contribution in [2.75, 3.05) is 32.8 Å². The normalized spacial score (nSPS) is 30.2. The van der Waals surface area contributed by atoms with Gasteiger partial charge in [0, 0.05) is 38.3 Å². The van der Waals surface area contributed by atoms with Gasteiger partial charge in [-0.1, -0.05) is 0 Å². The Morgan fingerprint density at radius 1 is 1.12 bits per heavy atom.